The predicted octanol–water partition coefficient (Wildman–Crippen LogP) is 3.78. The monoisotopic (exact) mass is 387 g/mol. The van der Waals surface area contributed by atoms with Crippen molar-refractivity contribution in [2.75, 3.05) is 11.1 Å². The molecule has 0 unspecified atom stereocenters. The highest BCUT2D eigenvalue weighted by atomic mass is 35.5. The van der Waals surface area contributed by atoms with E-state index < -0.39 is 0 Å². The Morgan fingerprint density at radius 1 is 1.27 bits per heavy atom. The van der Waals surface area contributed by atoms with Gasteiger partial charge in [0.05, 0.1) is 16.5 Å². The number of benzene rings is 1. The first-order valence-electron chi connectivity index (χ1n) is 8.20. The second kappa shape index (κ2) is 8.38. The smallest absolute Gasteiger partial charge is 0.258 e. The minimum atomic E-state index is -0.186. The second-order valence-corrected chi connectivity index (χ2v) is 7.13. The summed E-state index contributed by atoms with van der Waals surface area (Å²) in [7, 11) is 0. The number of para-hydroxylation sites is 1. The topological polar surface area (TPSA) is 63.5 Å². The Kier molecular flexibility index (Phi) is 5.96. The highest BCUT2D eigenvalue weighted by Gasteiger charge is 2.08. The zero-order valence-electron chi connectivity index (χ0n) is 14.2. The lowest BCUT2D eigenvalue weighted by atomic mass is 10.1. The number of thioether (sulfide) groups is 1. The van der Waals surface area contributed by atoms with E-state index >= 15 is 0 Å². The summed E-state index contributed by atoms with van der Waals surface area (Å²) in [4.78, 5) is 28.7. The number of anilines is 1. The van der Waals surface area contributed by atoms with Crippen LogP contribution < -0.4 is 10.9 Å². The molecule has 1 amide bonds. The maximum atomic E-state index is 12.2. The molecule has 134 valence electrons. The van der Waals surface area contributed by atoms with Crippen LogP contribution in [0.4, 0.5) is 5.69 Å². The molecule has 0 bridgehead atoms. The Morgan fingerprint density at radius 2 is 2.08 bits per heavy atom. The first kappa shape index (κ1) is 18.5. The molecule has 5 nitrogen and oxygen atoms in total. The van der Waals surface area contributed by atoms with Crippen LogP contribution in [0.25, 0.3) is 5.65 Å². The van der Waals surface area contributed by atoms with Crippen molar-refractivity contribution >= 4 is 40.6 Å². The summed E-state index contributed by atoms with van der Waals surface area (Å²) < 4.78 is 1.41. The number of pyridine rings is 1. The van der Waals surface area contributed by atoms with Crippen LogP contribution in [0.1, 0.15) is 18.2 Å². The third-order valence-electron chi connectivity index (χ3n) is 3.83. The number of nitrogens with zero attached hydrogens (tertiary/aromatic N) is 2. The largest absolute Gasteiger partial charge is 0.325 e. The minimum absolute atomic E-state index is 0.0693. The average Bonchev–Trinajstić information content (AvgIpc) is 2.63. The van der Waals surface area contributed by atoms with Crippen molar-refractivity contribution in [3.63, 3.8) is 0 Å². The van der Waals surface area contributed by atoms with E-state index in [1.54, 1.807) is 18.3 Å². The normalized spacial score (nSPS) is 10.8. The van der Waals surface area contributed by atoms with Crippen LogP contribution in [-0.2, 0) is 17.0 Å². The van der Waals surface area contributed by atoms with Gasteiger partial charge in [0.25, 0.3) is 5.56 Å². The first-order valence-corrected chi connectivity index (χ1v) is 9.73. The molecule has 0 aliphatic heterocycles. The molecule has 1 N–H and O–H groups in total. The Labute approximate surface area is 160 Å². The van der Waals surface area contributed by atoms with E-state index in [-0.39, 0.29) is 11.5 Å². The van der Waals surface area contributed by atoms with E-state index in [4.69, 9.17) is 11.6 Å². The number of hydrogen-bond donors (Lipinski definition) is 1. The summed E-state index contributed by atoms with van der Waals surface area (Å²) in [5.74, 6) is 0.705. The number of hydrogen-bond acceptors (Lipinski definition) is 4. The number of fused-ring (bicyclic) bond motifs is 1. The van der Waals surface area contributed by atoms with E-state index in [0.29, 0.717) is 27.9 Å². The van der Waals surface area contributed by atoms with Crippen LogP contribution in [0, 0.1) is 0 Å². The molecule has 3 rings (SSSR count). The van der Waals surface area contributed by atoms with Crippen LogP contribution in [-0.4, -0.2) is 21.0 Å². The molecule has 0 aliphatic carbocycles. The predicted molar refractivity (Wildman–Crippen MR) is 107 cm³/mol. The number of rotatable bonds is 6. The number of carbonyl (C=O) groups is 1. The zero-order valence-corrected chi connectivity index (χ0v) is 15.8. The van der Waals surface area contributed by atoms with Crippen LogP contribution in [0.15, 0.2) is 53.5 Å². The number of aryl methyl sites for hydroxylation is 1. The highest BCUT2D eigenvalue weighted by Crippen LogP contribution is 2.17. The number of carbonyl (C=O) groups excluding carboxylic acids is 1. The number of nitrogens with one attached hydrogen (secondary N) is 1. The first-order chi connectivity index (χ1) is 12.6. The molecule has 3 aromatic rings. The molecular formula is C19H18ClN3O2S. The van der Waals surface area contributed by atoms with E-state index in [1.165, 1.54) is 22.2 Å². The number of halogens is 1. The van der Waals surface area contributed by atoms with Crippen molar-refractivity contribution in [2.24, 2.45) is 0 Å². The molecule has 1 aromatic carbocycles. The molecule has 0 atom stereocenters. The fourth-order valence-corrected chi connectivity index (χ4v) is 3.46. The lowest BCUT2D eigenvalue weighted by Gasteiger charge is -2.09. The Morgan fingerprint density at radius 3 is 2.88 bits per heavy atom. The zero-order chi connectivity index (χ0) is 18.5. The van der Waals surface area contributed by atoms with E-state index in [9.17, 15) is 9.59 Å². The van der Waals surface area contributed by atoms with Gasteiger partial charge in [0, 0.05) is 23.7 Å². The van der Waals surface area contributed by atoms with Crippen molar-refractivity contribution in [2.45, 2.75) is 19.1 Å². The standard InChI is InChI=1S/C19H18ClN3O2S/c1-2-13-5-3-4-6-16(13)22-18(24)12-26-11-15-9-19(25)23-10-14(20)7-8-17(23)21-15/h3-10H,2,11-12H2,1H3,(H,22,24). The molecule has 2 heterocycles. The number of aromatic nitrogens is 2. The van der Waals surface area contributed by atoms with Crippen molar-refractivity contribution in [1.29, 1.82) is 0 Å². The van der Waals surface area contributed by atoms with Gasteiger partial charge < -0.3 is 5.32 Å². The second-order valence-electron chi connectivity index (χ2n) is 5.71. The molecule has 0 saturated heterocycles. The molecule has 0 radical (unpaired) electrons. The molecule has 0 spiro atoms. The third-order valence-corrected chi connectivity index (χ3v) is 5.02. The van der Waals surface area contributed by atoms with Gasteiger partial charge in [0.1, 0.15) is 5.65 Å². The summed E-state index contributed by atoms with van der Waals surface area (Å²) >= 11 is 7.32. The molecular weight excluding hydrogens is 370 g/mol. The van der Waals surface area contributed by atoms with Crippen molar-refractivity contribution in [1.82, 2.24) is 9.38 Å². The SMILES string of the molecule is CCc1ccccc1NC(=O)CSCc1cc(=O)n2cc(Cl)ccc2n1. The van der Waals surface area contributed by atoms with Gasteiger partial charge in [-0.15, -0.1) is 11.8 Å². The molecule has 0 aliphatic rings. The minimum Gasteiger partial charge on any atom is -0.325 e. The van der Waals surface area contributed by atoms with Crippen molar-refractivity contribution in [3.05, 3.63) is 75.3 Å². The summed E-state index contributed by atoms with van der Waals surface area (Å²) in [6.45, 7) is 2.05. The Hall–Kier alpha value is -2.31. The van der Waals surface area contributed by atoms with Gasteiger partial charge in [-0.2, -0.15) is 0 Å². The van der Waals surface area contributed by atoms with Crippen molar-refractivity contribution < 1.29 is 4.79 Å². The van der Waals surface area contributed by atoms with Gasteiger partial charge in [-0.3, -0.25) is 14.0 Å². The summed E-state index contributed by atoms with van der Waals surface area (Å²) in [5.41, 5.74) is 2.95. The average molecular weight is 388 g/mol. The van der Waals surface area contributed by atoms with E-state index in [2.05, 4.69) is 17.2 Å². The Balaban J connectivity index is 1.61. The lowest BCUT2D eigenvalue weighted by molar-refractivity contribution is -0.113. The Bertz CT molecular complexity index is 1000. The van der Waals surface area contributed by atoms with E-state index in [1.807, 2.05) is 24.3 Å². The van der Waals surface area contributed by atoms with Crippen LogP contribution in [0.2, 0.25) is 5.02 Å². The fraction of sp³-hybridized carbons (Fsp3) is 0.211. The van der Waals surface area contributed by atoms with Crippen LogP contribution in [0.5, 0.6) is 0 Å². The molecule has 26 heavy (non-hydrogen) atoms. The van der Waals surface area contributed by atoms with Gasteiger partial charge in [0.2, 0.25) is 5.91 Å². The maximum absolute atomic E-state index is 12.2. The highest BCUT2D eigenvalue weighted by molar-refractivity contribution is 7.99. The quantitative estimate of drug-likeness (QED) is 0.699. The molecule has 2 aromatic heterocycles. The number of amides is 1. The van der Waals surface area contributed by atoms with Gasteiger partial charge in [-0.25, -0.2) is 4.98 Å². The molecule has 0 saturated carbocycles. The summed E-state index contributed by atoms with van der Waals surface area (Å²) in [6, 6.07) is 12.6. The van der Waals surface area contributed by atoms with Gasteiger partial charge in [-0.1, -0.05) is 36.7 Å². The molecule has 7 heteroatoms. The summed E-state index contributed by atoms with van der Waals surface area (Å²) in [5, 5.41) is 3.41. The molecule has 0 fully saturated rings. The van der Waals surface area contributed by atoms with E-state index in [0.717, 1.165) is 17.7 Å². The van der Waals surface area contributed by atoms with Crippen molar-refractivity contribution in [3.8, 4) is 0 Å². The maximum Gasteiger partial charge on any atom is 0.258 e. The third kappa shape index (κ3) is 4.45. The summed E-state index contributed by atoms with van der Waals surface area (Å²) in [6.07, 6.45) is 2.40. The lowest BCUT2D eigenvalue weighted by Crippen LogP contribution is -2.17. The van der Waals surface area contributed by atoms with Gasteiger partial charge >= 0.3 is 0 Å². The van der Waals surface area contributed by atoms with Crippen LogP contribution in [0.3, 0.4) is 0 Å². The fourth-order valence-electron chi connectivity index (χ4n) is 2.59. The van der Waals surface area contributed by atoms with Crippen LogP contribution >= 0.6 is 23.4 Å². The van der Waals surface area contributed by atoms with Gasteiger partial charge in [0.15, 0.2) is 0 Å². The van der Waals surface area contributed by atoms with Gasteiger partial charge in [-0.05, 0) is 30.2 Å².